The molecule has 0 bridgehead atoms. The van der Waals surface area contributed by atoms with Crippen LogP contribution in [-0.2, 0) is 21.2 Å². The number of anilines is 2. The molecule has 0 radical (unpaired) electrons. The third kappa shape index (κ3) is 3.84. The number of benzene rings is 2. The summed E-state index contributed by atoms with van der Waals surface area (Å²) in [4.78, 5) is 20.7. The highest BCUT2D eigenvalue weighted by molar-refractivity contribution is 7.89. The number of halogens is 2. The smallest absolute Gasteiger partial charge is 0.241 e. The fourth-order valence-electron chi connectivity index (χ4n) is 5.27. The molecule has 7 nitrogen and oxygen atoms in total. The van der Waals surface area contributed by atoms with E-state index >= 15 is 4.39 Å². The molecule has 0 unspecified atom stereocenters. The summed E-state index contributed by atoms with van der Waals surface area (Å²) in [5.41, 5.74) is 1.88. The van der Waals surface area contributed by atoms with Crippen molar-refractivity contribution in [1.29, 1.82) is 0 Å². The van der Waals surface area contributed by atoms with Crippen LogP contribution >= 0.6 is 0 Å². The van der Waals surface area contributed by atoms with E-state index in [2.05, 4.69) is 4.98 Å². The van der Waals surface area contributed by atoms with Crippen molar-refractivity contribution in [3.05, 3.63) is 71.9 Å². The lowest BCUT2D eigenvalue weighted by Gasteiger charge is -2.56. The Balaban J connectivity index is 1.42. The lowest BCUT2D eigenvalue weighted by Crippen LogP contribution is -2.69. The van der Waals surface area contributed by atoms with Crippen LogP contribution < -0.4 is 14.9 Å². The molecule has 2 aliphatic heterocycles. The average molecular weight is 513 g/mol. The Morgan fingerprint density at radius 1 is 1.08 bits per heavy atom. The van der Waals surface area contributed by atoms with E-state index < -0.39 is 38.0 Å². The first-order valence-electron chi connectivity index (χ1n) is 11.6. The van der Waals surface area contributed by atoms with Gasteiger partial charge in [0.15, 0.2) is 0 Å². The minimum absolute atomic E-state index is 0.222. The van der Waals surface area contributed by atoms with Gasteiger partial charge in [0.2, 0.25) is 15.9 Å². The predicted octanol–water partition coefficient (Wildman–Crippen LogP) is 3.87. The van der Waals surface area contributed by atoms with Crippen LogP contribution in [0.1, 0.15) is 26.3 Å². The van der Waals surface area contributed by atoms with E-state index in [-0.39, 0.29) is 18.5 Å². The topological polar surface area (TPSA) is 96.6 Å². The zero-order valence-electron chi connectivity index (χ0n) is 20.1. The van der Waals surface area contributed by atoms with Crippen molar-refractivity contribution >= 4 is 27.3 Å². The number of hydrogen-bond acceptors (Lipinski definition) is 5. The third-order valence-electron chi connectivity index (χ3n) is 7.30. The molecule has 0 saturated carbocycles. The number of primary sulfonamides is 1. The highest BCUT2D eigenvalue weighted by atomic mass is 32.2. The van der Waals surface area contributed by atoms with Crippen molar-refractivity contribution < 1.29 is 22.0 Å². The number of carbonyl (C=O) groups excluding carboxylic acids is 1. The van der Waals surface area contributed by atoms with Crippen molar-refractivity contribution in [2.45, 2.75) is 43.7 Å². The monoisotopic (exact) mass is 512 g/mol. The van der Waals surface area contributed by atoms with Crippen LogP contribution in [0.15, 0.2) is 59.6 Å². The molecule has 1 saturated heterocycles. The van der Waals surface area contributed by atoms with E-state index in [4.69, 9.17) is 5.14 Å². The predicted molar refractivity (Wildman–Crippen MR) is 133 cm³/mol. The second-order valence-electron chi connectivity index (χ2n) is 9.92. The molecule has 2 aliphatic rings. The standard InChI is InChI=1S/C26H26F2N4O3S/c1-15-10-17-12-20(28)24(36(29,34)35)13-23(17)32(15)25(33)18-14-31(26(18,2)3)22-8-7-16(11-19(22)27)21-6-4-5-9-30-21/h4-9,11-13,15,18H,10,14H2,1-3H3,(H2,29,34,35)/t15-,18+/m1/s1. The van der Waals surface area contributed by atoms with Gasteiger partial charge >= 0.3 is 0 Å². The second kappa shape index (κ2) is 8.35. The highest BCUT2D eigenvalue weighted by Crippen LogP contribution is 2.45. The third-order valence-corrected chi connectivity index (χ3v) is 8.23. The molecule has 2 aromatic carbocycles. The molecular weight excluding hydrogens is 486 g/mol. The minimum Gasteiger partial charge on any atom is -0.362 e. The number of sulfonamides is 1. The summed E-state index contributed by atoms with van der Waals surface area (Å²) in [5, 5.41) is 5.18. The van der Waals surface area contributed by atoms with Crippen LogP contribution in [-0.4, -0.2) is 37.4 Å². The molecule has 188 valence electrons. The molecule has 0 aliphatic carbocycles. The van der Waals surface area contributed by atoms with Crippen LogP contribution in [0.5, 0.6) is 0 Å². The number of hydrogen-bond donors (Lipinski definition) is 1. The number of nitrogens with two attached hydrogens (primary N) is 1. The maximum atomic E-state index is 15.2. The quantitative estimate of drug-likeness (QED) is 0.573. The molecule has 1 aromatic heterocycles. The average Bonchev–Trinajstić information content (AvgIpc) is 3.13. The van der Waals surface area contributed by atoms with E-state index in [1.165, 1.54) is 11.0 Å². The summed E-state index contributed by atoms with van der Waals surface area (Å²) in [6.45, 7) is 5.85. The molecule has 2 N–H and O–H groups in total. The Hall–Kier alpha value is -3.37. The number of fused-ring (bicyclic) bond motifs is 1. The van der Waals surface area contributed by atoms with Crippen molar-refractivity contribution in [1.82, 2.24) is 4.98 Å². The Morgan fingerprint density at radius 2 is 1.83 bits per heavy atom. The van der Waals surface area contributed by atoms with Gasteiger partial charge in [-0.25, -0.2) is 22.3 Å². The Kier molecular flexibility index (Phi) is 5.64. The van der Waals surface area contributed by atoms with Gasteiger partial charge in [-0.15, -0.1) is 0 Å². The first-order valence-corrected chi connectivity index (χ1v) is 13.1. The zero-order valence-corrected chi connectivity index (χ0v) is 20.9. The van der Waals surface area contributed by atoms with Gasteiger partial charge in [0.05, 0.1) is 17.3 Å². The summed E-state index contributed by atoms with van der Waals surface area (Å²) in [6, 6.07) is 12.3. The maximum absolute atomic E-state index is 15.2. The van der Waals surface area contributed by atoms with E-state index in [1.807, 2.05) is 31.7 Å². The summed E-state index contributed by atoms with van der Waals surface area (Å²) in [6.07, 6.45) is 2.04. The normalized spacial score (nSPS) is 20.7. The van der Waals surface area contributed by atoms with Crippen molar-refractivity contribution in [2.75, 3.05) is 16.3 Å². The molecule has 0 spiro atoms. The summed E-state index contributed by atoms with van der Waals surface area (Å²) >= 11 is 0. The van der Waals surface area contributed by atoms with Crippen LogP contribution in [0.25, 0.3) is 11.3 Å². The molecule has 5 rings (SSSR count). The fraction of sp³-hybridized carbons (Fsp3) is 0.308. The van der Waals surface area contributed by atoms with Gasteiger partial charge < -0.3 is 9.80 Å². The molecule has 1 fully saturated rings. The van der Waals surface area contributed by atoms with Crippen LogP contribution in [0.2, 0.25) is 0 Å². The van der Waals surface area contributed by atoms with Crippen LogP contribution in [0, 0.1) is 17.6 Å². The number of nitrogens with zero attached hydrogens (tertiary/aromatic N) is 3. The summed E-state index contributed by atoms with van der Waals surface area (Å²) in [5.74, 6) is -2.05. The van der Waals surface area contributed by atoms with Crippen molar-refractivity contribution in [3.8, 4) is 11.3 Å². The number of aromatic nitrogens is 1. The lowest BCUT2D eigenvalue weighted by molar-refractivity contribution is -0.126. The van der Waals surface area contributed by atoms with Crippen LogP contribution in [0.4, 0.5) is 20.2 Å². The molecule has 3 aromatic rings. The van der Waals surface area contributed by atoms with E-state index in [1.54, 1.807) is 30.5 Å². The van der Waals surface area contributed by atoms with Gasteiger partial charge in [-0.05, 0) is 69.2 Å². The summed E-state index contributed by atoms with van der Waals surface area (Å²) in [7, 11) is -4.30. The lowest BCUT2D eigenvalue weighted by atomic mass is 9.75. The summed E-state index contributed by atoms with van der Waals surface area (Å²) < 4.78 is 53.2. The first kappa shape index (κ1) is 24.3. The van der Waals surface area contributed by atoms with Gasteiger partial charge in [0.1, 0.15) is 16.5 Å². The number of rotatable bonds is 4. The zero-order chi connectivity index (χ0) is 26.0. The Bertz CT molecular complexity index is 1480. The van der Waals surface area contributed by atoms with Gasteiger partial charge in [0, 0.05) is 35.6 Å². The SMILES string of the molecule is C[C@@H]1Cc2cc(F)c(S(N)(=O)=O)cc2N1C(=O)[C@@H]1CN(c2ccc(-c3ccccn3)cc2F)C1(C)C. The van der Waals surface area contributed by atoms with Crippen molar-refractivity contribution in [3.63, 3.8) is 0 Å². The molecular formula is C26H26F2N4O3S. The van der Waals surface area contributed by atoms with Gasteiger partial charge in [-0.2, -0.15) is 0 Å². The first-order chi connectivity index (χ1) is 16.9. The minimum atomic E-state index is -4.30. The van der Waals surface area contributed by atoms with E-state index in [9.17, 15) is 17.6 Å². The van der Waals surface area contributed by atoms with Crippen molar-refractivity contribution in [2.24, 2.45) is 11.1 Å². The highest BCUT2D eigenvalue weighted by Gasteiger charge is 2.53. The van der Waals surface area contributed by atoms with Gasteiger partial charge in [-0.3, -0.25) is 9.78 Å². The maximum Gasteiger partial charge on any atom is 0.241 e. The Morgan fingerprint density at radius 3 is 2.44 bits per heavy atom. The Labute approximate surface area is 208 Å². The van der Waals surface area contributed by atoms with E-state index in [0.29, 0.717) is 34.6 Å². The molecule has 3 heterocycles. The molecule has 36 heavy (non-hydrogen) atoms. The van der Waals surface area contributed by atoms with Gasteiger partial charge in [-0.1, -0.05) is 12.1 Å². The molecule has 1 amide bonds. The largest absolute Gasteiger partial charge is 0.362 e. The van der Waals surface area contributed by atoms with E-state index in [0.717, 1.165) is 12.1 Å². The van der Waals surface area contributed by atoms with Gasteiger partial charge in [0.25, 0.3) is 0 Å². The molecule has 10 heteroatoms. The number of pyridine rings is 1. The number of amides is 1. The second-order valence-corrected chi connectivity index (χ2v) is 11.4. The molecule has 2 atom stereocenters. The van der Waals surface area contributed by atoms with Crippen LogP contribution in [0.3, 0.4) is 0 Å². The fourth-order valence-corrected chi connectivity index (χ4v) is 5.87. The number of carbonyl (C=O) groups is 1.